The van der Waals surface area contributed by atoms with Crippen LogP contribution in [0, 0.1) is 0 Å². The summed E-state index contributed by atoms with van der Waals surface area (Å²) in [4.78, 5) is 25.1. The smallest absolute Gasteiger partial charge is 0.418 e. The Bertz CT molecular complexity index is 889. The molecule has 0 unspecified atom stereocenters. The molecular formula is C18H14F5NO5. The van der Waals surface area contributed by atoms with Gasteiger partial charge in [-0.25, -0.2) is 9.59 Å². The second-order valence-corrected chi connectivity index (χ2v) is 5.37. The van der Waals surface area contributed by atoms with Crippen molar-refractivity contribution in [3.8, 4) is 5.75 Å². The fourth-order valence-electron chi connectivity index (χ4n) is 2.48. The average molecular weight is 419 g/mol. The Morgan fingerprint density at radius 1 is 1.03 bits per heavy atom. The highest BCUT2D eigenvalue weighted by Crippen LogP contribution is 2.41. The second-order valence-electron chi connectivity index (χ2n) is 5.37. The van der Waals surface area contributed by atoms with Crippen LogP contribution in [0.25, 0.3) is 0 Å². The summed E-state index contributed by atoms with van der Waals surface area (Å²) in [6.45, 7) is -3.29. The van der Waals surface area contributed by atoms with Crippen molar-refractivity contribution in [2.24, 2.45) is 0 Å². The molecule has 0 saturated carbocycles. The first kappa shape index (κ1) is 21.9. The summed E-state index contributed by atoms with van der Waals surface area (Å²) in [5, 5.41) is 0. The van der Waals surface area contributed by atoms with Gasteiger partial charge in [-0.05, 0) is 24.3 Å². The maximum atomic E-state index is 13.6. The van der Waals surface area contributed by atoms with Crippen LogP contribution in [0.3, 0.4) is 0 Å². The van der Waals surface area contributed by atoms with Crippen molar-refractivity contribution in [3.63, 3.8) is 0 Å². The van der Waals surface area contributed by atoms with Gasteiger partial charge in [-0.2, -0.15) is 22.0 Å². The Balaban J connectivity index is 2.80. The first-order valence-electron chi connectivity index (χ1n) is 7.81. The molecule has 1 aliphatic heterocycles. The number of ether oxygens (including phenoxy) is 3. The van der Waals surface area contributed by atoms with Gasteiger partial charge in [0.25, 0.3) is 0 Å². The van der Waals surface area contributed by atoms with E-state index in [1.54, 1.807) is 0 Å². The number of carbonyl (C=O) groups is 2. The molecule has 0 N–H and O–H groups in total. The first-order valence-corrected chi connectivity index (χ1v) is 7.81. The highest BCUT2D eigenvalue weighted by Gasteiger charge is 2.38. The normalized spacial score (nSPS) is 14.1. The zero-order valence-electron chi connectivity index (χ0n) is 15.0. The molecule has 156 valence electrons. The van der Waals surface area contributed by atoms with Crippen molar-refractivity contribution in [2.45, 2.75) is 12.8 Å². The summed E-state index contributed by atoms with van der Waals surface area (Å²) < 4.78 is 79.1. The van der Waals surface area contributed by atoms with Crippen molar-refractivity contribution in [1.29, 1.82) is 0 Å². The standard InChI is InChI=1S/C18H14F5NO5/c1-27-15(25)11-5-3-4-8-24(14(11)16(26)28-2)13-9-10(29-17(19)20)6-7-12(13)18(21,22)23/h3-9,17H,1-2H3. The topological polar surface area (TPSA) is 65.1 Å². The van der Waals surface area contributed by atoms with Crippen LogP contribution in [0.4, 0.5) is 27.6 Å². The fourth-order valence-corrected chi connectivity index (χ4v) is 2.48. The summed E-state index contributed by atoms with van der Waals surface area (Å²) in [5.74, 6) is -2.77. The molecular weight excluding hydrogens is 405 g/mol. The Morgan fingerprint density at radius 2 is 1.69 bits per heavy atom. The van der Waals surface area contributed by atoms with Crippen molar-refractivity contribution >= 4 is 17.6 Å². The number of allylic oxidation sites excluding steroid dienone is 2. The highest BCUT2D eigenvalue weighted by atomic mass is 19.4. The molecule has 1 heterocycles. The first-order chi connectivity index (χ1) is 13.6. The number of alkyl halides is 5. The maximum absolute atomic E-state index is 13.6. The Hall–Kier alpha value is -3.37. The molecule has 1 aliphatic rings. The van der Waals surface area contributed by atoms with E-state index in [2.05, 4.69) is 14.2 Å². The van der Waals surface area contributed by atoms with Crippen molar-refractivity contribution in [2.75, 3.05) is 19.1 Å². The molecule has 0 atom stereocenters. The van der Waals surface area contributed by atoms with Crippen LogP contribution in [0.5, 0.6) is 5.75 Å². The molecule has 0 radical (unpaired) electrons. The number of halogens is 5. The molecule has 0 aromatic heterocycles. The van der Waals surface area contributed by atoms with Gasteiger partial charge in [0.1, 0.15) is 11.4 Å². The van der Waals surface area contributed by atoms with Crippen molar-refractivity contribution < 1.29 is 45.8 Å². The maximum Gasteiger partial charge on any atom is 0.418 e. The molecule has 0 aliphatic carbocycles. The van der Waals surface area contributed by atoms with E-state index in [0.29, 0.717) is 23.1 Å². The average Bonchev–Trinajstić information content (AvgIpc) is 2.88. The van der Waals surface area contributed by atoms with Gasteiger partial charge in [0, 0.05) is 12.3 Å². The lowest BCUT2D eigenvalue weighted by atomic mass is 10.1. The Labute approximate surface area is 161 Å². The van der Waals surface area contributed by atoms with E-state index in [0.717, 1.165) is 26.5 Å². The number of anilines is 1. The van der Waals surface area contributed by atoms with Gasteiger partial charge >= 0.3 is 24.7 Å². The number of carbonyl (C=O) groups excluding carboxylic acids is 2. The lowest BCUT2D eigenvalue weighted by Gasteiger charge is -2.26. The molecule has 29 heavy (non-hydrogen) atoms. The number of rotatable bonds is 5. The van der Waals surface area contributed by atoms with E-state index < -0.39 is 53.0 Å². The van der Waals surface area contributed by atoms with Gasteiger partial charge in [-0.3, -0.25) is 0 Å². The van der Waals surface area contributed by atoms with Crippen LogP contribution in [-0.2, 0) is 25.2 Å². The van der Waals surface area contributed by atoms with Crippen LogP contribution < -0.4 is 9.64 Å². The molecule has 0 spiro atoms. The lowest BCUT2D eigenvalue weighted by molar-refractivity contribution is -0.139. The van der Waals surface area contributed by atoms with Crippen molar-refractivity contribution in [1.82, 2.24) is 0 Å². The number of nitrogens with zero attached hydrogens (tertiary/aromatic N) is 1. The molecule has 0 amide bonds. The number of benzene rings is 1. The van der Waals surface area contributed by atoms with E-state index in [1.807, 2.05) is 0 Å². The number of hydrogen-bond acceptors (Lipinski definition) is 6. The molecule has 11 heteroatoms. The van der Waals surface area contributed by atoms with Gasteiger partial charge in [0.15, 0.2) is 0 Å². The van der Waals surface area contributed by atoms with Crippen LogP contribution in [-0.4, -0.2) is 32.8 Å². The molecule has 0 fully saturated rings. The van der Waals surface area contributed by atoms with Gasteiger partial charge in [0.2, 0.25) is 0 Å². The Kier molecular flexibility index (Phi) is 6.62. The van der Waals surface area contributed by atoms with Gasteiger partial charge in [0.05, 0.1) is 31.0 Å². The Morgan fingerprint density at radius 3 is 2.24 bits per heavy atom. The zero-order valence-corrected chi connectivity index (χ0v) is 15.0. The van der Waals surface area contributed by atoms with Crippen LogP contribution in [0.15, 0.2) is 53.9 Å². The van der Waals surface area contributed by atoms with Crippen LogP contribution in [0.1, 0.15) is 5.56 Å². The van der Waals surface area contributed by atoms with Gasteiger partial charge < -0.3 is 19.1 Å². The minimum Gasteiger partial charge on any atom is -0.465 e. The van der Waals surface area contributed by atoms with E-state index >= 15 is 0 Å². The third kappa shape index (κ3) is 4.92. The molecule has 2 rings (SSSR count). The summed E-state index contributed by atoms with van der Waals surface area (Å²) in [6, 6.07) is 1.90. The fraction of sp³-hybridized carbons (Fsp3) is 0.222. The summed E-state index contributed by atoms with van der Waals surface area (Å²) in [7, 11) is 1.97. The second kappa shape index (κ2) is 8.76. The quantitative estimate of drug-likeness (QED) is 0.535. The van der Waals surface area contributed by atoms with E-state index in [1.165, 1.54) is 12.2 Å². The third-order valence-corrected chi connectivity index (χ3v) is 3.65. The number of methoxy groups -OCH3 is 2. The van der Waals surface area contributed by atoms with E-state index in [9.17, 15) is 31.5 Å². The number of esters is 2. The zero-order chi connectivity index (χ0) is 21.8. The summed E-state index contributed by atoms with van der Waals surface area (Å²) in [5.41, 5.74) is -3.02. The molecule has 1 aromatic rings. The minimum absolute atomic E-state index is 0.405. The van der Waals surface area contributed by atoms with E-state index in [4.69, 9.17) is 0 Å². The van der Waals surface area contributed by atoms with E-state index in [-0.39, 0.29) is 0 Å². The van der Waals surface area contributed by atoms with Crippen LogP contribution in [0.2, 0.25) is 0 Å². The van der Waals surface area contributed by atoms with Crippen LogP contribution >= 0.6 is 0 Å². The SMILES string of the molecule is COC(=O)C1=C(C(=O)OC)N(c2cc(OC(F)F)ccc2C(F)(F)F)C=CC=C1. The monoisotopic (exact) mass is 419 g/mol. The third-order valence-electron chi connectivity index (χ3n) is 3.65. The molecule has 0 saturated heterocycles. The minimum atomic E-state index is -4.92. The lowest BCUT2D eigenvalue weighted by Crippen LogP contribution is -2.28. The molecule has 1 aromatic carbocycles. The van der Waals surface area contributed by atoms with Gasteiger partial charge in [-0.1, -0.05) is 6.08 Å². The van der Waals surface area contributed by atoms with Gasteiger partial charge in [-0.15, -0.1) is 0 Å². The summed E-state index contributed by atoms with van der Waals surface area (Å²) in [6.07, 6.45) is -0.225. The molecule has 0 bridgehead atoms. The highest BCUT2D eigenvalue weighted by molar-refractivity contribution is 6.05. The predicted molar refractivity (Wildman–Crippen MR) is 89.9 cm³/mol. The largest absolute Gasteiger partial charge is 0.465 e. The molecule has 6 nitrogen and oxygen atoms in total. The predicted octanol–water partition coefficient (Wildman–Crippen LogP) is 3.80. The van der Waals surface area contributed by atoms with Crippen molar-refractivity contribution in [3.05, 3.63) is 59.5 Å². The summed E-state index contributed by atoms with van der Waals surface area (Å²) >= 11 is 0. The number of hydrogen-bond donors (Lipinski definition) is 0.